The van der Waals surface area contributed by atoms with Gasteiger partial charge in [0.2, 0.25) is 0 Å². The fourth-order valence-corrected chi connectivity index (χ4v) is 1.52. The summed E-state index contributed by atoms with van der Waals surface area (Å²) >= 11 is 0. The second kappa shape index (κ2) is 12.3. The molecule has 0 atom stereocenters. The van der Waals surface area contributed by atoms with Crippen molar-refractivity contribution in [3.63, 3.8) is 0 Å². The number of hydrogen-bond donors (Lipinski definition) is 1. The zero-order chi connectivity index (χ0) is 13.6. The van der Waals surface area contributed by atoms with Crippen LogP contribution in [-0.2, 0) is 4.74 Å². The summed E-state index contributed by atoms with van der Waals surface area (Å²) in [5.74, 6) is 0. The predicted molar refractivity (Wildman–Crippen MR) is 72.2 cm³/mol. The van der Waals surface area contributed by atoms with Crippen LogP contribution in [0.4, 0.5) is 14.8 Å². The molecule has 0 fully saturated rings. The molecular weight excluding hydrogens is 236 g/mol. The first-order valence-electron chi connectivity index (χ1n) is 6.36. The number of halogens is 2. The normalized spacial score (nSPS) is 9.56. The molecule has 1 aromatic carbocycles. The van der Waals surface area contributed by atoms with E-state index in [9.17, 15) is 0 Å². The molecule has 4 heteroatoms. The summed E-state index contributed by atoms with van der Waals surface area (Å²) in [6.07, 6.45) is 3.45. The maximum Gasteiger partial charge on any atom is 0.0482 e. The number of hydrogen-bond acceptors (Lipinski definition) is 2. The van der Waals surface area contributed by atoms with Crippen molar-refractivity contribution in [2.45, 2.75) is 33.1 Å². The molecule has 0 heterocycles. The highest BCUT2D eigenvalue weighted by Gasteiger charge is 1.95. The van der Waals surface area contributed by atoms with Crippen LogP contribution < -0.4 is 5.32 Å². The Kier molecular flexibility index (Phi) is 11.5. The van der Waals surface area contributed by atoms with E-state index >= 15 is 0 Å². The van der Waals surface area contributed by atoms with Crippen LogP contribution >= 0.6 is 0 Å². The first kappa shape index (κ1) is 16.8. The Morgan fingerprint density at radius 1 is 1.11 bits per heavy atom. The SMILES string of the molecule is CCCCOCCCNc1ccccc1C.FF. The Bertz CT molecular complexity index is 295. The van der Waals surface area contributed by atoms with Gasteiger partial charge in [-0.3, -0.25) is 0 Å². The van der Waals surface area contributed by atoms with Crippen LogP contribution in [0.3, 0.4) is 0 Å². The van der Waals surface area contributed by atoms with E-state index in [1.165, 1.54) is 24.1 Å². The molecule has 2 nitrogen and oxygen atoms in total. The third kappa shape index (κ3) is 8.01. The summed E-state index contributed by atoms with van der Waals surface area (Å²) < 4.78 is 21.5. The molecule has 18 heavy (non-hydrogen) atoms. The van der Waals surface area contributed by atoms with E-state index in [1.54, 1.807) is 0 Å². The number of para-hydroxylation sites is 1. The topological polar surface area (TPSA) is 21.3 Å². The van der Waals surface area contributed by atoms with Gasteiger partial charge in [-0.05, 0) is 31.4 Å². The quantitative estimate of drug-likeness (QED) is 0.696. The molecular formula is C14H23F2NO. The highest BCUT2D eigenvalue weighted by molar-refractivity contribution is 5.49. The van der Waals surface area contributed by atoms with Crippen LogP contribution in [0, 0.1) is 6.92 Å². The molecule has 0 aliphatic heterocycles. The lowest BCUT2D eigenvalue weighted by molar-refractivity contribution is 0.108. The monoisotopic (exact) mass is 259 g/mol. The summed E-state index contributed by atoms with van der Waals surface area (Å²) in [5.41, 5.74) is 2.53. The summed E-state index contributed by atoms with van der Waals surface area (Å²) in [5, 5.41) is 3.42. The minimum Gasteiger partial charge on any atom is -0.385 e. The molecule has 0 saturated carbocycles. The molecule has 0 amide bonds. The Morgan fingerprint density at radius 3 is 2.44 bits per heavy atom. The minimum atomic E-state index is 0.860. The predicted octanol–water partition coefficient (Wildman–Crippen LogP) is 4.45. The van der Waals surface area contributed by atoms with Gasteiger partial charge >= 0.3 is 0 Å². The molecule has 1 rings (SSSR count). The van der Waals surface area contributed by atoms with Crippen molar-refractivity contribution < 1.29 is 13.9 Å². The van der Waals surface area contributed by atoms with Crippen molar-refractivity contribution >= 4 is 5.69 Å². The molecule has 0 spiro atoms. The summed E-state index contributed by atoms with van der Waals surface area (Å²) in [6, 6.07) is 8.37. The highest BCUT2D eigenvalue weighted by atomic mass is 20.0. The number of nitrogens with one attached hydrogen (secondary N) is 1. The summed E-state index contributed by atoms with van der Waals surface area (Å²) in [7, 11) is 0. The molecule has 1 aromatic rings. The van der Waals surface area contributed by atoms with E-state index in [-0.39, 0.29) is 0 Å². The van der Waals surface area contributed by atoms with E-state index in [4.69, 9.17) is 13.9 Å². The zero-order valence-corrected chi connectivity index (χ0v) is 11.2. The van der Waals surface area contributed by atoms with Crippen molar-refractivity contribution in [2.24, 2.45) is 0 Å². The van der Waals surface area contributed by atoms with E-state index in [2.05, 4.69) is 43.4 Å². The van der Waals surface area contributed by atoms with Gasteiger partial charge in [0.15, 0.2) is 0 Å². The molecule has 0 aromatic heterocycles. The number of unbranched alkanes of at least 4 members (excludes halogenated alkanes) is 1. The first-order valence-corrected chi connectivity index (χ1v) is 6.36. The van der Waals surface area contributed by atoms with Gasteiger partial charge in [-0.1, -0.05) is 31.5 Å². The van der Waals surface area contributed by atoms with Gasteiger partial charge in [0.05, 0.1) is 0 Å². The number of ether oxygens (including phenoxy) is 1. The Balaban J connectivity index is 0.00000137. The minimum absolute atomic E-state index is 0.860. The van der Waals surface area contributed by atoms with Gasteiger partial charge < -0.3 is 10.1 Å². The van der Waals surface area contributed by atoms with Gasteiger partial charge in [-0.15, -0.1) is 0 Å². The van der Waals surface area contributed by atoms with Crippen LogP contribution in [0.25, 0.3) is 0 Å². The lowest BCUT2D eigenvalue weighted by Gasteiger charge is -2.09. The molecule has 0 aliphatic carbocycles. The van der Waals surface area contributed by atoms with E-state index in [0.29, 0.717) is 0 Å². The molecule has 0 saturated heterocycles. The molecule has 1 N–H and O–H groups in total. The van der Waals surface area contributed by atoms with Gasteiger partial charge in [-0.2, -0.15) is 0 Å². The van der Waals surface area contributed by atoms with Crippen molar-refractivity contribution in [1.82, 2.24) is 0 Å². The Labute approximate surface area is 108 Å². The average molecular weight is 259 g/mol. The standard InChI is InChI=1S/C14H23NO.F2/c1-3-4-11-16-12-7-10-15-14-9-6-5-8-13(14)2;1-2/h5-6,8-9,15H,3-4,7,10-12H2,1-2H3;. The molecule has 104 valence electrons. The molecule has 0 aliphatic rings. The van der Waals surface area contributed by atoms with Crippen molar-refractivity contribution in [1.29, 1.82) is 0 Å². The van der Waals surface area contributed by atoms with Gasteiger partial charge in [0, 0.05) is 34.6 Å². The van der Waals surface area contributed by atoms with E-state index in [0.717, 1.165) is 26.2 Å². The molecule has 0 unspecified atom stereocenters. The second-order valence-electron chi connectivity index (χ2n) is 4.06. The maximum absolute atomic E-state index is 8.00. The fourth-order valence-electron chi connectivity index (χ4n) is 1.52. The fraction of sp³-hybridized carbons (Fsp3) is 0.571. The highest BCUT2D eigenvalue weighted by Crippen LogP contribution is 2.12. The third-order valence-electron chi connectivity index (χ3n) is 2.57. The largest absolute Gasteiger partial charge is 0.385 e. The van der Waals surface area contributed by atoms with Crippen LogP contribution in [-0.4, -0.2) is 19.8 Å². The van der Waals surface area contributed by atoms with Crippen LogP contribution in [0.5, 0.6) is 0 Å². The second-order valence-corrected chi connectivity index (χ2v) is 4.06. The molecule has 0 bridgehead atoms. The van der Waals surface area contributed by atoms with Gasteiger partial charge in [0.25, 0.3) is 0 Å². The Morgan fingerprint density at radius 2 is 1.78 bits per heavy atom. The van der Waals surface area contributed by atoms with Crippen LogP contribution in [0.1, 0.15) is 31.7 Å². The van der Waals surface area contributed by atoms with Crippen molar-refractivity contribution in [3.8, 4) is 0 Å². The van der Waals surface area contributed by atoms with E-state index in [1.807, 2.05) is 0 Å². The number of anilines is 1. The number of rotatable bonds is 8. The van der Waals surface area contributed by atoms with E-state index < -0.39 is 0 Å². The first-order chi connectivity index (χ1) is 8.84. The summed E-state index contributed by atoms with van der Waals surface area (Å²) in [6.45, 7) is 7.06. The maximum atomic E-state index is 8.00. The van der Waals surface area contributed by atoms with Crippen LogP contribution in [0.2, 0.25) is 0 Å². The van der Waals surface area contributed by atoms with Crippen LogP contribution in [0.15, 0.2) is 24.3 Å². The van der Waals surface area contributed by atoms with Crippen molar-refractivity contribution in [2.75, 3.05) is 25.1 Å². The Hall–Kier alpha value is -1.16. The lowest BCUT2D eigenvalue weighted by Crippen LogP contribution is -2.07. The number of benzene rings is 1. The van der Waals surface area contributed by atoms with Gasteiger partial charge in [-0.25, -0.2) is 0 Å². The third-order valence-corrected chi connectivity index (χ3v) is 2.57. The zero-order valence-electron chi connectivity index (χ0n) is 11.2. The molecule has 0 radical (unpaired) electrons. The smallest absolute Gasteiger partial charge is 0.0482 e. The lowest BCUT2D eigenvalue weighted by atomic mass is 10.2. The number of aryl methyl sites for hydroxylation is 1. The van der Waals surface area contributed by atoms with Crippen molar-refractivity contribution in [3.05, 3.63) is 29.8 Å². The average Bonchev–Trinajstić information content (AvgIpc) is 2.42. The van der Waals surface area contributed by atoms with Gasteiger partial charge in [0.1, 0.15) is 0 Å². The summed E-state index contributed by atoms with van der Waals surface area (Å²) in [4.78, 5) is 0.